The molecule has 0 bridgehead atoms. The van der Waals surface area contributed by atoms with E-state index in [-0.39, 0.29) is 11.8 Å². The molecular formula is C19H28N4O2. The highest BCUT2D eigenvalue weighted by molar-refractivity contribution is 5.80. The van der Waals surface area contributed by atoms with Crippen LogP contribution in [-0.2, 0) is 11.2 Å². The Balaban J connectivity index is 1.43. The predicted molar refractivity (Wildman–Crippen MR) is 97.0 cm³/mol. The molecule has 1 atom stereocenters. The summed E-state index contributed by atoms with van der Waals surface area (Å²) in [6.45, 7) is 5.58. The van der Waals surface area contributed by atoms with Gasteiger partial charge in [-0.25, -0.2) is 4.79 Å². The summed E-state index contributed by atoms with van der Waals surface area (Å²) in [6.07, 6.45) is 2.76. The van der Waals surface area contributed by atoms with Crippen molar-refractivity contribution in [1.29, 1.82) is 0 Å². The molecule has 2 N–H and O–H groups in total. The van der Waals surface area contributed by atoms with Crippen molar-refractivity contribution in [2.24, 2.45) is 11.7 Å². The third kappa shape index (κ3) is 4.72. The number of nitrogens with two attached hydrogens (primary N) is 1. The van der Waals surface area contributed by atoms with E-state index < -0.39 is 6.03 Å². The van der Waals surface area contributed by atoms with Crippen molar-refractivity contribution in [2.75, 3.05) is 45.8 Å². The highest BCUT2D eigenvalue weighted by atomic mass is 16.2. The van der Waals surface area contributed by atoms with Crippen LogP contribution in [0.5, 0.6) is 0 Å². The number of nitrogens with zero attached hydrogens (tertiary/aromatic N) is 3. The number of primary amides is 1. The molecule has 136 valence electrons. The van der Waals surface area contributed by atoms with Crippen molar-refractivity contribution < 1.29 is 9.59 Å². The average molecular weight is 344 g/mol. The maximum Gasteiger partial charge on any atom is 0.314 e. The topological polar surface area (TPSA) is 69.9 Å². The quantitative estimate of drug-likeness (QED) is 0.891. The van der Waals surface area contributed by atoms with Gasteiger partial charge in [0.1, 0.15) is 0 Å². The number of benzene rings is 1. The number of likely N-dealkylation sites (tertiary alicyclic amines) is 1. The fraction of sp³-hybridized carbons (Fsp3) is 0.579. The summed E-state index contributed by atoms with van der Waals surface area (Å²) in [6, 6.07) is 10.1. The average Bonchev–Trinajstić information content (AvgIpc) is 2.67. The number of rotatable bonds is 4. The zero-order valence-electron chi connectivity index (χ0n) is 14.8. The fourth-order valence-corrected chi connectivity index (χ4v) is 3.76. The molecule has 3 rings (SSSR count). The molecule has 0 unspecified atom stereocenters. The van der Waals surface area contributed by atoms with Crippen LogP contribution in [0.1, 0.15) is 18.4 Å². The normalized spacial score (nSPS) is 22.0. The van der Waals surface area contributed by atoms with E-state index in [1.165, 1.54) is 5.56 Å². The second-order valence-electron chi connectivity index (χ2n) is 7.03. The molecule has 2 aliphatic heterocycles. The molecule has 0 aromatic heterocycles. The minimum Gasteiger partial charge on any atom is -0.351 e. The Hall–Kier alpha value is -2.08. The Morgan fingerprint density at radius 1 is 1.00 bits per heavy atom. The Kier molecular flexibility index (Phi) is 5.91. The summed E-state index contributed by atoms with van der Waals surface area (Å²) in [7, 11) is 0. The Morgan fingerprint density at radius 2 is 1.72 bits per heavy atom. The molecule has 0 aliphatic carbocycles. The van der Waals surface area contributed by atoms with Gasteiger partial charge in [0, 0.05) is 45.8 Å². The van der Waals surface area contributed by atoms with Gasteiger partial charge >= 0.3 is 6.03 Å². The van der Waals surface area contributed by atoms with Crippen molar-refractivity contribution in [1.82, 2.24) is 14.7 Å². The van der Waals surface area contributed by atoms with Crippen LogP contribution in [0.15, 0.2) is 30.3 Å². The number of piperazine rings is 1. The number of piperidine rings is 1. The molecule has 2 aliphatic rings. The van der Waals surface area contributed by atoms with Gasteiger partial charge in [-0.3, -0.25) is 9.69 Å². The maximum atomic E-state index is 12.7. The van der Waals surface area contributed by atoms with Crippen LogP contribution < -0.4 is 5.73 Å². The van der Waals surface area contributed by atoms with Gasteiger partial charge in [-0.15, -0.1) is 0 Å². The minimum absolute atomic E-state index is 0.0860. The Labute approximate surface area is 149 Å². The van der Waals surface area contributed by atoms with E-state index >= 15 is 0 Å². The first-order valence-corrected chi connectivity index (χ1v) is 9.23. The zero-order chi connectivity index (χ0) is 17.6. The lowest BCUT2D eigenvalue weighted by molar-refractivity contribution is -0.138. The first-order chi connectivity index (χ1) is 12.1. The molecule has 2 fully saturated rings. The molecule has 0 spiro atoms. The van der Waals surface area contributed by atoms with Crippen LogP contribution in [0.4, 0.5) is 4.79 Å². The largest absolute Gasteiger partial charge is 0.351 e. The predicted octanol–water partition coefficient (Wildman–Crippen LogP) is 1.16. The number of carbonyl (C=O) groups excluding carboxylic acids is 2. The monoisotopic (exact) mass is 344 g/mol. The molecule has 25 heavy (non-hydrogen) atoms. The minimum atomic E-state index is -0.414. The lowest BCUT2D eigenvalue weighted by Gasteiger charge is -2.38. The molecule has 2 heterocycles. The van der Waals surface area contributed by atoms with Crippen molar-refractivity contribution in [3.8, 4) is 0 Å². The third-order valence-electron chi connectivity index (χ3n) is 5.33. The number of carbonyl (C=O) groups is 2. The number of hydrogen-bond acceptors (Lipinski definition) is 3. The molecule has 1 aromatic carbocycles. The van der Waals surface area contributed by atoms with Crippen molar-refractivity contribution in [3.63, 3.8) is 0 Å². The Morgan fingerprint density at radius 3 is 2.40 bits per heavy atom. The second-order valence-corrected chi connectivity index (χ2v) is 7.03. The number of amides is 3. The van der Waals surface area contributed by atoms with Gasteiger partial charge in [0.05, 0.1) is 5.92 Å². The van der Waals surface area contributed by atoms with Gasteiger partial charge in [-0.2, -0.15) is 0 Å². The second kappa shape index (κ2) is 8.34. The van der Waals surface area contributed by atoms with Crippen LogP contribution >= 0.6 is 0 Å². The van der Waals surface area contributed by atoms with Crippen molar-refractivity contribution in [3.05, 3.63) is 35.9 Å². The first-order valence-electron chi connectivity index (χ1n) is 9.23. The van der Waals surface area contributed by atoms with Crippen molar-refractivity contribution in [2.45, 2.75) is 19.3 Å². The van der Waals surface area contributed by atoms with Gasteiger partial charge < -0.3 is 15.5 Å². The highest BCUT2D eigenvalue weighted by Gasteiger charge is 2.31. The lowest BCUT2D eigenvalue weighted by Crippen LogP contribution is -2.53. The third-order valence-corrected chi connectivity index (χ3v) is 5.33. The first kappa shape index (κ1) is 17.7. The summed E-state index contributed by atoms with van der Waals surface area (Å²) in [4.78, 5) is 30.1. The van der Waals surface area contributed by atoms with E-state index in [2.05, 4.69) is 29.2 Å². The Bertz CT molecular complexity index is 584. The molecule has 6 heteroatoms. The van der Waals surface area contributed by atoms with E-state index in [0.29, 0.717) is 13.1 Å². The number of urea groups is 1. The maximum absolute atomic E-state index is 12.7. The molecular weight excluding hydrogens is 316 g/mol. The summed E-state index contributed by atoms with van der Waals surface area (Å²) >= 11 is 0. The fourth-order valence-electron chi connectivity index (χ4n) is 3.76. The van der Waals surface area contributed by atoms with Gasteiger partial charge in [0.15, 0.2) is 0 Å². The smallest absolute Gasteiger partial charge is 0.314 e. The molecule has 1 aromatic rings. The van der Waals surface area contributed by atoms with Crippen LogP contribution in [-0.4, -0.2) is 72.5 Å². The lowest BCUT2D eigenvalue weighted by atomic mass is 9.96. The van der Waals surface area contributed by atoms with E-state index in [0.717, 1.165) is 52.0 Å². The van der Waals surface area contributed by atoms with Gasteiger partial charge in [-0.05, 0) is 24.8 Å². The van der Waals surface area contributed by atoms with Crippen LogP contribution in [0.2, 0.25) is 0 Å². The molecule has 3 amide bonds. The van der Waals surface area contributed by atoms with Crippen molar-refractivity contribution >= 4 is 11.9 Å². The summed E-state index contributed by atoms with van der Waals surface area (Å²) < 4.78 is 0. The summed E-state index contributed by atoms with van der Waals surface area (Å²) in [5.41, 5.74) is 6.72. The standard InChI is InChI=1S/C19H28N4O2/c20-19(25)23-9-4-7-17(15-23)18(24)22-13-11-21(12-14-22)10-8-16-5-2-1-3-6-16/h1-3,5-6,17H,4,7-15H2,(H2,20,25)/t17-/m0/s1. The van der Waals surface area contributed by atoms with Crippen LogP contribution in [0, 0.1) is 5.92 Å². The summed E-state index contributed by atoms with van der Waals surface area (Å²) in [5, 5.41) is 0. The number of hydrogen-bond donors (Lipinski definition) is 1. The molecule has 6 nitrogen and oxygen atoms in total. The zero-order valence-corrected chi connectivity index (χ0v) is 14.8. The SMILES string of the molecule is NC(=O)N1CCC[C@H](C(=O)N2CCN(CCc3ccccc3)CC2)C1. The van der Waals surface area contributed by atoms with Gasteiger partial charge in [0.25, 0.3) is 0 Å². The molecule has 0 saturated carbocycles. The van der Waals surface area contributed by atoms with Crippen LogP contribution in [0.3, 0.4) is 0 Å². The van der Waals surface area contributed by atoms with Gasteiger partial charge in [-0.1, -0.05) is 30.3 Å². The molecule has 0 radical (unpaired) electrons. The van der Waals surface area contributed by atoms with Crippen LogP contribution in [0.25, 0.3) is 0 Å². The summed E-state index contributed by atoms with van der Waals surface area (Å²) in [5.74, 6) is 0.103. The van der Waals surface area contributed by atoms with Gasteiger partial charge in [0.2, 0.25) is 5.91 Å². The van der Waals surface area contributed by atoms with E-state index in [1.807, 2.05) is 11.0 Å². The highest BCUT2D eigenvalue weighted by Crippen LogP contribution is 2.19. The molecule has 2 saturated heterocycles. The van der Waals surface area contributed by atoms with E-state index in [4.69, 9.17) is 5.73 Å². The van der Waals surface area contributed by atoms with E-state index in [1.54, 1.807) is 4.90 Å². The van der Waals surface area contributed by atoms with E-state index in [9.17, 15) is 9.59 Å².